The molecule has 0 atom stereocenters. The Morgan fingerprint density at radius 2 is 1.30 bits per heavy atom. The Labute approximate surface area is 56.3 Å². The Bertz CT molecular complexity index is 147. The molecule has 0 radical (unpaired) electrons. The predicted octanol–water partition coefficient (Wildman–Crippen LogP) is -1.62. The molecule has 10 heavy (non-hydrogen) atoms. The molecule has 0 unspecified atom stereocenters. The summed E-state index contributed by atoms with van der Waals surface area (Å²) < 4.78 is 0. The molecule has 0 aromatic rings. The lowest BCUT2D eigenvalue weighted by Gasteiger charge is -1.87. The van der Waals surface area contributed by atoms with Crippen LogP contribution < -0.4 is 11.8 Å². The lowest BCUT2D eigenvalue weighted by Crippen LogP contribution is -2.09. The van der Waals surface area contributed by atoms with E-state index in [2.05, 4.69) is 21.5 Å². The number of nitrogens with two attached hydrogens (primary N) is 2. The van der Waals surface area contributed by atoms with Crippen molar-refractivity contribution in [1.29, 1.82) is 0 Å². The van der Waals surface area contributed by atoms with Gasteiger partial charge in [0, 0.05) is 12.2 Å². The third kappa shape index (κ3) is 3.58. The summed E-state index contributed by atoms with van der Waals surface area (Å²) in [6, 6.07) is 0. The van der Waals surface area contributed by atoms with Crippen LogP contribution in [-0.2, 0) is 19.3 Å². The normalized spacial score (nSPS) is 9.40. The zero-order valence-electron chi connectivity index (χ0n) is 4.94. The van der Waals surface area contributed by atoms with Crippen molar-refractivity contribution >= 4 is 11.9 Å². The Morgan fingerprint density at radius 3 is 1.50 bits per heavy atom. The van der Waals surface area contributed by atoms with Crippen LogP contribution in [-0.4, -0.2) is 11.9 Å². The van der Waals surface area contributed by atoms with E-state index < -0.39 is 11.9 Å². The largest absolute Gasteiger partial charge is 0.370 e. The number of carbonyl (C=O) groups is 2. The van der Waals surface area contributed by atoms with E-state index in [9.17, 15) is 9.59 Å². The van der Waals surface area contributed by atoms with Gasteiger partial charge < -0.3 is 9.68 Å². The Hall–Kier alpha value is -1.40. The van der Waals surface area contributed by atoms with Gasteiger partial charge in [-0.05, 0) is 0 Å². The van der Waals surface area contributed by atoms with Crippen LogP contribution in [0.1, 0.15) is 0 Å². The molecule has 6 heteroatoms. The molecule has 0 aromatic carbocycles. The first kappa shape index (κ1) is 8.60. The van der Waals surface area contributed by atoms with Crippen molar-refractivity contribution in [2.24, 2.45) is 11.8 Å². The van der Waals surface area contributed by atoms with E-state index in [1.165, 1.54) is 0 Å². The van der Waals surface area contributed by atoms with Crippen LogP contribution in [0.5, 0.6) is 0 Å². The van der Waals surface area contributed by atoms with Crippen molar-refractivity contribution in [1.82, 2.24) is 0 Å². The highest BCUT2D eigenvalue weighted by Crippen LogP contribution is 1.77. The van der Waals surface area contributed by atoms with Gasteiger partial charge in [0.15, 0.2) is 0 Å². The van der Waals surface area contributed by atoms with E-state index in [1.54, 1.807) is 0 Å². The number of rotatable bonds is 2. The van der Waals surface area contributed by atoms with Crippen molar-refractivity contribution < 1.29 is 19.3 Å². The molecule has 4 N–H and O–H groups in total. The van der Waals surface area contributed by atoms with Crippen LogP contribution in [0, 0.1) is 0 Å². The smallest absolute Gasteiger partial charge is 0.349 e. The van der Waals surface area contributed by atoms with Crippen LogP contribution in [0.15, 0.2) is 12.2 Å². The summed E-state index contributed by atoms with van der Waals surface area (Å²) >= 11 is 0. The van der Waals surface area contributed by atoms with Gasteiger partial charge in [-0.15, -0.1) is 0 Å². The van der Waals surface area contributed by atoms with Crippen molar-refractivity contribution in [3.8, 4) is 0 Å². The van der Waals surface area contributed by atoms with Crippen LogP contribution in [0.4, 0.5) is 0 Å². The van der Waals surface area contributed by atoms with Crippen molar-refractivity contribution in [3.05, 3.63) is 12.2 Å². The minimum Gasteiger partial charge on any atom is -0.370 e. The van der Waals surface area contributed by atoms with E-state index in [4.69, 9.17) is 0 Å². The summed E-state index contributed by atoms with van der Waals surface area (Å²) in [5.74, 6) is 7.12. The fraction of sp³-hybridized carbons (Fsp3) is 0. The van der Waals surface area contributed by atoms with Crippen LogP contribution in [0.25, 0.3) is 0 Å². The SMILES string of the molecule is NOC(=O)/C=C/C(=O)ON. The molecule has 0 aliphatic carbocycles. The highest BCUT2D eigenvalue weighted by atomic mass is 16.7. The monoisotopic (exact) mass is 146 g/mol. The quantitative estimate of drug-likeness (QED) is 0.358. The lowest BCUT2D eigenvalue weighted by atomic mass is 10.5. The summed E-state index contributed by atoms with van der Waals surface area (Å²) in [4.78, 5) is 27.6. The van der Waals surface area contributed by atoms with E-state index in [0.717, 1.165) is 12.2 Å². The lowest BCUT2D eigenvalue weighted by molar-refractivity contribution is -0.141. The highest BCUT2D eigenvalue weighted by molar-refractivity contribution is 5.91. The molecule has 0 aliphatic heterocycles. The first-order chi connectivity index (χ1) is 4.70. The fourth-order valence-corrected chi connectivity index (χ4v) is 0.215. The first-order valence-electron chi connectivity index (χ1n) is 2.20. The standard InChI is InChI=1S/C4H6N2O4/c5-9-3(7)1-2-4(8)10-6/h1-2H,5-6H2/b2-1+. The maximum absolute atomic E-state index is 10.1. The van der Waals surface area contributed by atoms with Gasteiger partial charge >= 0.3 is 11.9 Å². The number of hydrogen-bond donors (Lipinski definition) is 2. The molecular weight excluding hydrogens is 140 g/mol. The van der Waals surface area contributed by atoms with Crippen LogP contribution >= 0.6 is 0 Å². The van der Waals surface area contributed by atoms with E-state index in [-0.39, 0.29) is 0 Å². The topological polar surface area (TPSA) is 105 Å². The molecule has 6 nitrogen and oxygen atoms in total. The molecule has 0 rings (SSSR count). The Kier molecular flexibility index (Phi) is 3.85. The van der Waals surface area contributed by atoms with Gasteiger partial charge in [-0.1, -0.05) is 0 Å². The molecule has 0 saturated carbocycles. The average molecular weight is 146 g/mol. The summed E-state index contributed by atoms with van der Waals surface area (Å²) in [5, 5.41) is 0. The van der Waals surface area contributed by atoms with E-state index in [1.807, 2.05) is 0 Å². The molecule has 0 aromatic heterocycles. The summed E-state index contributed by atoms with van der Waals surface area (Å²) in [5.41, 5.74) is 0. The van der Waals surface area contributed by atoms with Gasteiger partial charge in [0.2, 0.25) is 0 Å². The summed E-state index contributed by atoms with van der Waals surface area (Å²) in [6.07, 6.45) is 1.57. The minimum atomic E-state index is -0.856. The Morgan fingerprint density at radius 1 is 1.00 bits per heavy atom. The Balaban J connectivity index is 3.75. The maximum Gasteiger partial charge on any atom is 0.349 e. The highest BCUT2D eigenvalue weighted by Gasteiger charge is 1.95. The van der Waals surface area contributed by atoms with Gasteiger partial charge in [-0.25, -0.2) is 9.59 Å². The number of carbonyl (C=O) groups excluding carboxylic acids is 2. The molecule has 0 aliphatic rings. The van der Waals surface area contributed by atoms with Crippen LogP contribution in [0.3, 0.4) is 0 Å². The maximum atomic E-state index is 10.1. The molecule has 56 valence electrons. The minimum absolute atomic E-state index is 0.787. The molecule has 0 spiro atoms. The third-order valence-corrected chi connectivity index (χ3v) is 0.588. The van der Waals surface area contributed by atoms with Gasteiger partial charge in [0.1, 0.15) is 0 Å². The second-order valence-corrected chi connectivity index (χ2v) is 1.21. The molecule has 0 bridgehead atoms. The second kappa shape index (κ2) is 4.48. The summed E-state index contributed by atoms with van der Waals surface area (Å²) in [6.45, 7) is 0. The third-order valence-electron chi connectivity index (χ3n) is 0.588. The average Bonchev–Trinajstić information content (AvgIpc) is 1.99. The first-order valence-corrected chi connectivity index (χ1v) is 2.20. The number of hydrogen-bond acceptors (Lipinski definition) is 6. The van der Waals surface area contributed by atoms with Gasteiger partial charge in [-0.3, -0.25) is 0 Å². The van der Waals surface area contributed by atoms with Crippen LogP contribution in [0.2, 0.25) is 0 Å². The fourth-order valence-electron chi connectivity index (χ4n) is 0.215. The van der Waals surface area contributed by atoms with Crippen molar-refractivity contribution in [2.75, 3.05) is 0 Å². The molecule has 0 heterocycles. The predicted molar refractivity (Wildman–Crippen MR) is 29.7 cm³/mol. The van der Waals surface area contributed by atoms with E-state index in [0.29, 0.717) is 0 Å². The van der Waals surface area contributed by atoms with Gasteiger partial charge in [-0.2, -0.15) is 11.8 Å². The van der Waals surface area contributed by atoms with E-state index >= 15 is 0 Å². The second-order valence-electron chi connectivity index (χ2n) is 1.21. The molecule has 0 fully saturated rings. The zero-order chi connectivity index (χ0) is 7.98. The molecular formula is C4H6N2O4. The van der Waals surface area contributed by atoms with Gasteiger partial charge in [0.05, 0.1) is 0 Å². The molecule has 0 amide bonds. The summed E-state index contributed by atoms with van der Waals surface area (Å²) in [7, 11) is 0. The molecule has 0 saturated heterocycles. The zero-order valence-corrected chi connectivity index (χ0v) is 4.94. The van der Waals surface area contributed by atoms with Crippen molar-refractivity contribution in [2.45, 2.75) is 0 Å². The van der Waals surface area contributed by atoms with Crippen molar-refractivity contribution in [3.63, 3.8) is 0 Å². The van der Waals surface area contributed by atoms with Gasteiger partial charge in [0.25, 0.3) is 0 Å².